The quantitative estimate of drug-likeness (QED) is 0.135. The van der Waals surface area contributed by atoms with Gasteiger partial charge in [0.25, 0.3) is 11.2 Å². The molecule has 11 heteroatoms. The number of aromatic nitrogens is 1. The smallest absolute Gasteiger partial charge is 0.271 e. The summed E-state index contributed by atoms with van der Waals surface area (Å²) in [6.45, 7) is 0.240. The third kappa shape index (κ3) is 5.24. The Kier molecular flexibility index (Phi) is 7.50. The number of fused-ring (bicyclic) bond motifs is 3. The Hall–Kier alpha value is -3.64. The summed E-state index contributed by atoms with van der Waals surface area (Å²) >= 11 is 10.3. The van der Waals surface area contributed by atoms with E-state index in [1.807, 2.05) is 28.8 Å². The van der Waals surface area contributed by atoms with Crippen LogP contribution in [0.4, 0.5) is 5.69 Å². The summed E-state index contributed by atoms with van der Waals surface area (Å²) in [5.41, 5.74) is 6.24. The van der Waals surface area contributed by atoms with Crippen LogP contribution in [0.25, 0.3) is 11.8 Å². The lowest BCUT2D eigenvalue weighted by molar-refractivity contribution is -0.384. The highest BCUT2D eigenvalue weighted by molar-refractivity contribution is 9.11. The number of thiophene rings is 1. The largest absolute Gasteiger partial charge is 0.487 e. The zero-order valence-corrected chi connectivity index (χ0v) is 27.1. The standard InChI is InChI=1S/C32H21Br2N3O4S2/c33-24-14-19(15-25(34)30(24)41-17-18-7-10-21(11-8-18)37(39)40)16-27-31(38)36-29(26-6-3-13-42-26)23-12-9-20-4-1-2-5-22(20)28(23)35-32(36)43-27/h1-8,10-11,13-16,29H,9,12,17H2/b27-16+. The van der Waals surface area contributed by atoms with Crippen molar-refractivity contribution in [3.05, 3.63) is 150 Å². The first-order chi connectivity index (χ1) is 20.9. The summed E-state index contributed by atoms with van der Waals surface area (Å²) in [5.74, 6) is 0.598. The van der Waals surface area contributed by atoms with Crippen LogP contribution in [0.5, 0.6) is 5.75 Å². The van der Waals surface area contributed by atoms with Gasteiger partial charge in [0.1, 0.15) is 12.4 Å². The number of aryl methyl sites for hydroxylation is 1. The maximum Gasteiger partial charge on any atom is 0.271 e. The van der Waals surface area contributed by atoms with Crippen LogP contribution in [0, 0.1) is 10.1 Å². The summed E-state index contributed by atoms with van der Waals surface area (Å²) in [7, 11) is 0. The number of nitro groups is 1. The van der Waals surface area contributed by atoms with Crippen molar-refractivity contribution < 1.29 is 9.66 Å². The first kappa shape index (κ1) is 28.1. The number of allylic oxidation sites excluding steroid dienone is 1. The Morgan fingerprint density at radius 2 is 1.81 bits per heavy atom. The van der Waals surface area contributed by atoms with Gasteiger partial charge < -0.3 is 4.74 Å². The fourth-order valence-corrected chi connectivity index (χ4v) is 8.84. The molecule has 43 heavy (non-hydrogen) atoms. The van der Waals surface area contributed by atoms with Crippen LogP contribution in [-0.2, 0) is 13.0 Å². The molecular weight excluding hydrogens is 714 g/mol. The molecule has 214 valence electrons. The fourth-order valence-electron chi connectivity index (χ4n) is 5.54. The number of non-ortho nitro benzene ring substituents is 1. The average Bonchev–Trinajstić information content (AvgIpc) is 3.64. The monoisotopic (exact) mass is 733 g/mol. The Morgan fingerprint density at radius 3 is 2.53 bits per heavy atom. The Morgan fingerprint density at radius 1 is 1.05 bits per heavy atom. The van der Waals surface area contributed by atoms with Gasteiger partial charge in [0.2, 0.25) is 0 Å². The molecule has 0 saturated heterocycles. The number of hydrogen-bond acceptors (Lipinski definition) is 7. The lowest BCUT2D eigenvalue weighted by Crippen LogP contribution is -2.38. The van der Waals surface area contributed by atoms with Crippen molar-refractivity contribution in [3.63, 3.8) is 0 Å². The van der Waals surface area contributed by atoms with Gasteiger partial charge in [-0.15, -0.1) is 11.3 Å². The second kappa shape index (κ2) is 11.5. The van der Waals surface area contributed by atoms with Crippen molar-refractivity contribution in [2.45, 2.75) is 25.5 Å². The number of nitrogens with zero attached hydrogens (tertiary/aromatic N) is 3. The molecule has 3 heterocycles. The maximum absolute atomic E-state index is 14.0. The predicted molar refractivity (Wildman–Crippen MR) is 176 cm³/mol. The van der Waals surface area contributed by atoms with Crippen molar-refractivity contribution in [2.24, 2.45) is 4.99 Å². The molecular formula is C32H21Br2N3O4S2. The molecule has 0 bridgehead atoms. The molecule has 0 fully saturated rings. The first-order valence-electron chi connectivity index (χ1n) is 13.4. The van der Waals surface area contributed by atoms with E-state index in [4.69, 9.17) is 9.73 Å². The summed E-state index contributed by atoms with van der Waals surface area (Å²) in [6.07, 6.45) is 3.68. The van der Waals surface area contributed by atoms with Gasteiger partial charge in [-0.25, -0.2) is 4.99 Å². The van der Waals surface area contributed by atoms with Crippen molar-refractivity contribution in [1.82, 2.24) is 4.57 Å². The Bertz CT molecular complexity index is 2090. The molecule has 0 N–H and O–H groups in total. The summed E-state index contributed by atoms with van der Waals surface area (Å²) in [4.78, 5) is 31.4. The molecule has 5 aromatic rings. The molecule has 3 aromatic carbocycles. The SMILES string of the molecule is O=c1/c(=C\c2cc(Br)c(OCc3ccc([N+](=O)[O-])cc3)c(Br)c2)sc2n1C(c1cccs1)C1=C(N=2)c2ccccc2CC1. The van der Waals surface area contributed by atoms with Gasteiger partial charge in [0.15, 0.2) is 4.80 Å². The number of ether oxygens (including phenoxy) is 1. The van der Waals surface area contributed by atoms with Crippen molar-refractivity contribution in [3.8, 4) is 5.75 Å². The van der Waals surface area contributed by atoms with E-state index in [-0.39, 0.29) is 23.9 Å². The van der Waals surface area contributed by atoms with Gasteiger partial charge in [-0.3, -0.25) is 19.5 Å². The van der Waals surface area contributed by atoms with E-state index < -0.39 is 4.92 Å². The molecule has 0 spiro atoms. The number of thiazole rings is 1. The van der Waals surface area contributed by atoms with Crippen LogP contribution in [0.1, 0.15) is 39.6 Å². The normalized spacial score (nSPS) is 15.9. The third-order valence-electron chi connectivity index (χ3n) is 7.53. The van der Waals surface area contributed by atoms with Crippen LogP contribution < -0.4 is 19.6 Å². The minimum Gasteiger partial charge on any atom is -0.487 e. The maximum atomic E-state index is 14.0. The van der Waals surface area contributed by atoms with Gasteiger partial charge in [0.05, 0.1) is 30.1 Å². The highest BCUT2D eigenvalue weighted by Gasteiger charge is 2.33. The summed E-state index contributed by atoms with van der Waals surface area (Å²) in [6, 6.07) is 22.5. The van der Waals surface area contributed by atoms with Crippen LogP contribution in [-0.4, -0.2) is 9.49 Å². The number of hydrogen-bond donors (Lipinski definition) is 0. The van der Waals surface area contributed by atoms with Crippen LogP contribution in [0.3, 0.4) is 0 Å². The second-order valence-electron chi connectivity index (χ2n) is 10.2. The Labute approximate surface area is 270 Å². The molecule has 2 aromatic heterocycles. The molecule has 1 unspecified atom stereocenters. The molecule has 0 saturated carbocycles. The minimum atomic E-state index is -0.428. The van der Waals surface area contributed by atoms with Gasteiger partial charge in [-0.05, 0) is 109 Å². The van der Waals surface area contributed by atoms with Crippen molar-refractivity contribution in [2.75, 3.05) is 0 Å². The number of benzene rings is 3. The third-order valence-corrected chi connectivity index (χ3v) is 10.6. The molecule has 7 nitrogen and oxygen atoms in total. The molecule has 2 aliphatic rings. The zero-order valence-electron chi connectivity index (χ0n) is 22.3. The van der Waals surface area contributed by atoms with Gasteiger partial charge in [-0.1, -0.05) is 41.7 Å². The Balaban J connectivity index is 1.25. The van der Waals surface area contributed by atoms with E-state index in [0.717, 1.165) is 40.1 Å². The molecule has 1 atom stereocenters. The first-order valence-corrected chi connectivity index (χ1v) is 16.7. The fraction of sp³-hybridized carbons (Fsp3) is 0.125. The highest BCUT2D eigenvalue weighted by Crippen LogP contribution is 2.42. The summed E-state index contributed by atoms with van der Waals surface area (Å²) in [5, 5.41) is 13.0. The van der Waals surface area contributed by atoms with Crippen molar-refractivity contribution in [1.29, 1.82) is 0 Å². The van der Waals surface area contributed by atoms with E-state index in [9.17, 15) is 14.9 Å². The zero-order chi connectivity index (χ0) is 29.7. The number of rotatable bonds is 6. The topological polar surface area (TPSA) is 86.7 Å². The molecule has 1 aliphatic heterocycles. The predicted octanol–water partition coefficient (Wildman–Crippen LogP) is 7.39. The van der Waals surface area contributed by atoms with E-state index >= 15 is 0 Å². The summed E-state index contributed by atoms with van der Waals surface area (Å²) < 4.78 is 9.92. The second-order valence-corrected chi connectivity index (χ2v) is 13.9. The van der Waals surface area contributed by atoms with E-state index in [2.05, 4.69) is 67.6 Å². The van der Waals surface area contributed by atoms with Crippen molar-refractivity contribution >= 4 is 72.0 Å². The van der Waals surface area contributed by atoms with E-state index in [0.29, 0.717) is 24.0 Å². The van der Waals surface area contributed by atoms with Gasteiger partial charge in [0, 0.05) is 22.6 Å². The van der Waals surface area contributed by atoms with E-state index in [1.54, 1.807) is 23.5 Å². The molecule has 7 rings (SSSR count). The molecule has 0 radical (unpaired) electrons. The minimum absolute atomic E-state index is 0.0347. The van der Waals surface area contributed by atoms with Crippen LogP contribution in [0.2, 0.25) is 0 Å². The number of halogens is 2. The van der Waals surface area contributed by atoms with Crippen LogP contribution >= 0.6 is 54.5 Å². The number of nitro benzene ring substituents is 1. The van der Waals surface area contributed by atoms with Crippen LogP contribution in [0.15, 0.2) is 102 Å². The van der Waals surface area contributed by atoms with Gasteiger partial charge in [-0.2, -0.15) is 0 Å². The lowest BCUT2D eigenvalue weighted by atomic mass is 9.85. The van der Waals surface area contributed by atoms with E-state index in [1.165, 1.54) is 34.6 Å². The highest BCUT2D eigenvalue weighted by atomic mass is 79.9. The van der Waals surface area contributed by atoms with Gasteiger partial charge >= 0.3 is 0 Å². The molecule has 0 amide bonds. The molecule has 1 aliphatic carbocycles. The lowest BCUT2D eigenvalue weighted by Gasteiger charge is -2.30. The average molecular weight is 735 g/mol.